The van der Waals surface area contributed by atoms with Crippen LogP contribution in [0.15, 0.2) is 12.2 Å². The molecule has 2 N–H and O–H groups in total. The number of esters is 1. The Morgan fingerprint density at radius 2 is 1.57 bits per heavy atom. The standard InChI is InChI=1S/C16H12O7/c1-5-10-13(16-8(22-5)4-9(19)23-16)15(21)12-7(18)3-2-6(17)11(12)14(10)20/h2-3,5,8,16,20-21H,4H2,1H3/t5-,8-,16+/m1/s1. The zero-order chi connectivity index (χ0) is 16.5. The molecule has 1 aromatic rings. The first kappa shape index (κ1) is 14.0. The highest BCUT2D eigenvalue weighted by Crippen LogP contribution is 2.53. The highest BCUT2D eigenvalue weighted by Gasteiger charge is 2.48. The summed E-state index contributed by atoms with van der Waals surface area (Å²) in [6.45, 7) is 1.63. The van der Waals surface area contributed by atoms with Gasteiger partial charge in [0.05, 0.1) is 23.7 Å². The third-order valence-corrected chi connectivity index (χ3v) is 4.44. The Morgan fingerprint density at radius 3 is 2.17 bits per heavy atom. The van der Waals surface area contributed by atoms with Crippen LogP contribution >= 0.6 is 0 Å². The van der Waals surface area contributed by atoms with Crippen molar-refractivity contribution >= 4 is 17.5 Å². The van der Waals surface area contributed by atoms with Gasteiger partial charge in [-0.15, -0.1) is 0 Å². The van der Waals surface area contributed by atoms with E-state index in [0.29, 0.717) is 0 Å². The molecule has 2 heterocycles. The van der Waals surface area contributed by atoms with E-state index in [2.05, 4.69) is 0 Å². The van der Waals surface area contributed by atoms with Crippen LogP contribution in [0.25, 0.3) is 0 Å². The third kappa shape index (κ3) is 1.71. The van der Waals surface area contributed by atoms with Crippen LogP contribution in [0, 0.1) is 0 Å². The fourth-order valence-electron chi connectivity index (χ4n) is 3.49. The first-order valence-electron chi connectivity index (χ1n) is 7.13. The summed E-state index contributed by atoms with van der Waals surface area (Å²) < 4.78 is 10.8. The molecule has 3 aliphatic rings. The number of hydrogen-bond acceptors (Lipinski definition) is 7. The second-order valence-electron chi connectivity index (χ2n) is 5.77. The van der Waals surface area contributed by atoms with E-state index < -0.39 is 47.3 Å². The average molecular weight is 316 g/mol. The lowest BCUT2D eigenvalue weighted by Crippen LogP contribution is -2.28. The molecule has 1 saturated heterocycles. The molecule has 1 aliphatic carbocycles. The molecule has 0 saturated carbocycles. The number of ketones is 2. The van der Waals surface area contributed by atoms with Gasteiger partial charge in [-0.05, 0) is 19.1 Å². The van der Waals surface area contributed by atoms with Gasteiger partial charge in [-0.25, -0.2) is 0 Å². The number of phenols is 2. The predicted molar refractivity (Wildman–Crippen MR) is 74.3 cm³/mol. The highest BCUT2D eigenvalue weighted by atomic mass is 16.6. The molecule has 1 fully saturated rings. The van der Waals surface area contributed by atoms with E-state index in [-0.39, 0.29) is 28.7 Å². The Labute approximate surface area is 130 Å². The topological polar surface area (TPSA) is 110 Å². The molecule has 4 rings (SSSR count). The average Bonchev–Trinajstić information content (AvgIpc) is 2.85. The molecule has 2 aliphatic heterocycles. The van der Waals surface area contributed by atoms with Crippen molar-refractivity contribution in [3.05, 3.63) is 34.4 Å². The van der Waals surface area contributed by atoms with Crippen LogP contribution in [0.4, 0.5) is 0 Å². The maximum atomic E-state index is 12.1. The van der Waals surface area contributed by atoms with E-state index in [1.165, 1.54) is 0 Å². The quantitative estimate of drug-likeness (QED) is 0.551. The maximum absolute atomic E-state index is 12.1. The fraction of sp³-hybridized carbons (Fsp3) is 0.312. The second kappa shape index (κ2) is 4.42. The summed E-state index contributed by atoms with van der Waals surface area (Å²) in [5.41, 5.74) is -0.183. The number of fused-ring (bicyclic) bond motifs is 4. The first-order chi connectivity index (χ1) is 10.9. The molecule has 23 heavy (non-hydrogen) atoms. The van der Waals surface area contributed by atoms with E-state index in [1.807, 2.05) is 0 Å². The smallest absolute Gasteiger partial charge is 0.309 e. The minimum Gasteiger partial charge on any atom is -0.507 e. The molecular weight excluding hydrogens is 304 g/mol. The molecule has 0 amide bonds. The second-order valence-corrected chi connectivity index (χ2v) is 5.77. The first-order valence-corrected chi connectivity index (χ1v) is 7.13. The molecule has 0 spiro atoms. The number of allylic oxidation sites excluding steroid dienone is 2. The van der Waals surface area contributed by atoms with Crippen molar-refractivity contribution < 1.29 is 34.1 Å². The van der Waals surface area contributed by atoms with Gasteiger partial charge >= 0.3 is 5.97 Å². The Morgan fingerprint density at radius 1 is 1.00 bits per heavy atom. The third-order valence-electron chi connectivity index (χ3n) is 4.44. The number of phenolic OH excluding ortho intramolecular Hbond substituents is 2. The van der Waals surface area contributed by atoms with E-state index in [9.17, 15) is 24.6 Å². The van der Waals surface area contributed by atoms with Gasteiger partial charge in [-0.2, -0.15) is 0 Å². The Hall–Kier alpha value is -2.67. The zero-order valence-corrected chi connectivity index (χ0v) is 12.0. The van der Waals surface area contributed by atoms with E-state index in [0.717, 1.165) is 12.2 Å². The Balaban J connectivity index is 2.06. The van der Waals surface area contributed by atoms with Gasteiger partial charge in [0.15, 0.2) is 17.7 Å². The number of carbonyl (C=O) groups is 3. The summed E-state index contributed by atoms with van der Waals surface area (Å²) in [7, 11) is 0. The Kier molecular flexibility index (Phi) is 2.68. The van der Waals surface area contributed by atoms with Crippen LogP contribution in [-0.4, -0.2) is 33.9 Å². The normalized spacial score (nSPS) is 28.2. The van der Waals surface area contributed by atoms with Gasteiger partial charge < -0.3 is 19.7 Å². The fourth-order valence-corrected chi connectivity index (χ4v) is 3.49. The lowest BCUT2D eigenvalue weighted by atomic mass is 9.82. The molecule has 0 unspecified atom stereocenters. The zero-order valence-electron chi connectivity index (χ0n) is 12.0. The van der Waals surface area contributed by atoms with Crippen molar-refractivity contribution in [2.45, 2.75) is 31.7 Å². The molecule has 1 aromatic carbocycles. The Bertz CT molecular complexity index is 820. The van der Waals surface area contributed by atoms with Crippen LogP contribution in [0.2, 0.25) is 0 Å². The number of benzene rings is 1. The van der Waals surface area contributed by atoms with Crippen LogP contribution in [0.1, 0.15) is 57.4 Å². The minimum atomic E-state index is -0.904. The lowest BCUT2D eigenvalue weighted by Gasteiger charge is -2.34. The summed E-state index contributed by atoms with van der Waals surface area (Å²) in [6.07, 6.45) is -0.0544. The largest absolute Gasteiger partial charge is 0.507 e. The van der Waals surface area contributed by atoms with Gasteiger partial charge in [-0.1, -0.05) is 0 Å². The van der Waals surface area contributed by atoms with Crippen molar-refractivity contribution in [1.29, 1.82) is 0 Å². The molecular formula is C16H12O7. The van der Waals surface area contributed by atoms with Crippen LogP contribution < -0.4 is 0 Å². The lowest BCUT2D eigenvalue weighted by molar-refractivity contribution is -0.143. The van der Waals surface area contributed by atoms with E-state index >= 15 is 0 Å². The summed E-state index contributed by atoms with van der Waals surface area (Å²) >= 11 is 0. The molecule has 0 aromatic heterocycles. The van der Waals surface area contributed by atoms with E-state index in [4.69, 9.17) is 9.47 Å². The number of carbonyl (C=O) groups excluding carboxylic acids is 3. The molecule has 3 atom stereocenters. The van der Waals surface area contributed by atoms with E-state index in [1.54, 1.807) is 6.92 Å². The summed E-state index contributed by atoms with van der Waals surface area (Å²) in [6, 6.07) is 0. The van der Waals surface area contributed by atoms with Gasteiger partial charge in [0.2, 0.25) is 0 Å². The summed E-state index contributed by atoms with van der Waals surface area (Å²) in [4.78, 5) is 35.7. The minimum absolute atomic E-state index is 0.0263. The van der Waals surface area contributed by atoms with Gasteiger partial charge in [0.1, 0.15) is 17.6 Å². The van der Waals surface area contributed by atoms with Crippen molar-refractivity contribution in [1.82, 2.24) is 0 Å². The number of hydrogen-bond donors (Lipinski definition) is 2. The maximum Gasteiger partial charge on any atom is 0.309 e. The van der Waals surface area contributed by atoms with Gasteiger partial charge in [-0.3, -0.25) is 14.4 Å². The van der Waals surface area contributed by atoms with Crippen LogP contribution in [-0.2, 0) is 14.3 Å². The molecule has 7 heteroatoms. The SMILES string of the molecule is C[C@H]1O[C@@H]2CC(=O)O[C@@H]2c2c(O)c3c(c(O)c21)C(=O)C=CC3=O. The highest BCUT2D eigenvalue weighted by molar-refractivity contribution is 6.24. The number of ether oxygens (including phenoxy) is 2. The van der Waals surface area contributed by atoms with Gasteiger partial charge in [0.25, 0.3) is 0 Å². The number of aromatic hydroxyl groups is 2. The molecule has 7 nitrogen and oxygen atoms in total. The summed E-state index contributed by atoms with van der Waals surface area (Å²) in [5.74, 6) is -2.50. The summed E-state index contributed by atoms with van der Waals surface area (Å²) in [5, 5.41) is 21.1. The van der Waals surface area contributed by atoms with Crippen LogP contribution in [0.3, 0.4) is 0 Å². The van der Waals surface area contributed by atoms with Crippen LogP contribution in [0.5, 0.6) is 11.5 Å². The van der Waals surface area contributed by atoms with Crippen molar-refractivity contribution in [2.24, 2.45) is 0 Å². The van der Waals surface area contributed by atoms with Crippen molar-refractivity contribution in [3.63, 3.8) is 0 Å². The van der Waals surface area contributed by atoms with Crippen molar-refractivity contribution in [2.75, 3.05) is 0 Å². The monoisotopic (exact) mass is 316 g/mol. The molecule has 0 bridgehead atoms. The van der Waals surface area contributed by atoms with Crippen molar-refractivity contribution in [3.8, 4) is 11.5 Å². The molecule has 118 valence electrons. The predicted octanol–water partition coefficient (Wildman–Crippen LogP) is 1.48. The van der Waals surface area contributed by atoms with Gasteiger partial charge in [0, 0.05) is 11.1 Å². The number of rotatable bonds is 0. The molecule has 0 radical (unpaired) electrons.